The molecule has 6 nitrogen and oxygen atoms in total. The summed E-state index contributed by atoms with van der Waals surface area (Å²) in [6, 6.07) is 5.35. The predicted octanol–water partition coefficient (Wildman–Crippen LogP) is 1.51. The number of hydrogen-bond acceptors (Lipinski definition) is 6. The van der Waals surface area contributed by atoms with Gasteiger partial charge in [-0.1, -0.05) is 12.1 Å². The Morgan fingerprint density at radius 1 is 1.00 bits per heavy atom. The zero-order valence-electron chi connectivity index (χ0n) is 10.8. The first-order chi connectivity index (χ1) is 9.08. The molecule has 1 heterocycles. The van der Waals surface area contributed by atoms with Crippen molar-refractivity contribution >= 4 is 23.0 Å². The lowest BCUT2D eigenvalue weighted by atomic mass is 10.2. The molecular weight excluding hydrogens is 248 g/mol. The number of rotatable bonds is 2. The van der Waals surface area contributed by atoms with E-state index in [4.69, 9.17) is 0 Å². The SMILES string of the molecule is COC(=O)c1nc2cccc(C)c2nc1C(=O)OC. The maximum Gasteiger partial charge on any atom is 0.359 e. The number of nitrogens with zero attached hydrogens (tertiary/aromatic N) is 2. The van der Waals surface area contributed by atoms with E-state index in [0.29, 0.717) is 11.0 Å². The van der Waals surface area contributed by atoms with E-state index in [2.05, 4.69) is 19.4 Å². The Morgan fingerprint density at radius 2 is 1.58 bits per heavy atom. The van der Waals surface area contributed by atoms with E-state index in [1.165, 1.54) is 14.2 Å². The Balaban J connectivity index is 2.78. The Kier molecular flexibility index (Phi) is 3.41. The van der Waals surface area contributed by atoms with Gasteiger partial charge in [0, 0.05) is 0 Å². The molecule has 0 aliphatic heterocycles. The zero-order valence-corrected chi connectivity index (χ0v) is 10.8. The molecule has 98 valence electrons. The summed E-state index contributed by atoms with van der Waals surface area (Å²) in [6.07, 6.45) is 0. The van der Waals surface area contributed by atoms with Gasteiger partial charge in [-0.3, -0.25) is 0 Å². The molecule has 0 amide bonds. The number of aromatic nitrogens is 2. The van der Waals surface area contributed by atoms with Gasteiger partial charge in [0.05, 0.1) is 25.3 Å². The molecule has 0 bridgehead atoms. The second-order valence-corrected chi connectivity index (χ2v) is 3.85. The van der Waals surface area contributed by atoms with E-state index in [9.17, 15) is 9.59 Å². The number of hydrogen-bond donors (Lipinski definition) is 0. The average Bonchev–Trinajstić information content (AvgIpc) is 2.44. The summed E-state index contributed by atoms with van der Waals surface area (Å²) >= 11 is 0. The highest BCUT2D eigenvalue weighted by atomic mass is 16.5. The molecule has 0 fully saturated rings. The van der Waals surface area contributed by atoms with Crippen LogP contribution in [0.2, 0.25) is 0 Å². The number of ether oxygens (including phenoxy) is 2. The summed E-state index contributed by atoms with van der Waals surface area (Å²) < 4.78 is 9.21. The Morgan fingerprint density at radius 3 is 2.16 bits per heavy atom. The van der Waals surface area contributed by atoms with E-state index in [1.54, 1.807) is 12.1 Å². The molecule has 19 heavy (non-hydrogen) atoms. The lowest BCUT2D eigenvalue weighted by Crippen LogP contribution is -2.16. The van der Waals surface area contributed by atoms with Crippen LogP contribution in [0.1, 0.15) is 26.5 Å². The summed E-state index contributed by atoms with van der Waals surface area (Å²) in [5.41, 5.74) is 1.64. The van der Waals surface area contributed by atoms with Crippen LogP contribution in [0.4, 0.5) is 0 Å². The molecule has 0 aliphatic carbocycles. The van der Waals surface area contributed by atoms with Crippen LogP contribution >= 0.6 is 0 Å². The number of para-hydroxylation sites is 1. The van der Waals surface area contributed by atoms with E-state index in [-0.39, 0.29) is 11.4 Å². The average molecular weight is 260 g/mol. The molecule has 6 heteroatoms. The molecule has 0 spiro atoms. The molecule has 1 aromatic heterocycles. The molecule has 0 N–H and O–H groups in total. The first-order valence-corrected chi connectivity index (χ1v) is 5.52. The third-order valence-corrected chi connectivity index (χ3v) is 2.65. The van der Waals surface area contributed by atoms with Gasteiger partial charge < -0.3 is 9.47 Å². The normalized spacial score (nSPS) is 10.3. The summed E-state index contributed by atoms with van der Waals surface area (Å²) in [5, 5.41) is 0. The second kappa shape index (κ2) is 5.01. The lowest BCUT2D eigenvalue weighted by Gasteiger charge is -2.07. The van der Waals surface area contributed by atoms with Crippen molar-refractivity contribution < 1.29 is 19.1 Å². The topological polar surface area (TPSA) is 78.4 Å². The summed E-state index contributed by atoms with van der Waals surface area (Å²) in [7, 11) is 2.43. The van der Waals surface area contributed by atoms with Crippen LogP contribution in [0, 0.1) is 6.92 Å². The maximum absolute atomic E-state index is 11.7. The summed E-state index contributed by atoms with van der Waals surface area (Å²) in [5.74, 6) is -1.45. The minimum atomic E-state index is -0.726. The fourth-order valence-corrected chi connectivity index (χ4v) is 1.70. The molecule has 2 aromatic rings. The van der Waals surface area contributed by atoms with Crippen molar-refractivity contribution in [1.29, 1.82) is 0 Å². The first-order valence-electron chi connectivity index (χ1n) is 5.52. The summed E-state index contributed by atoms with van der Waals surface area (Å²) in [4.78, 5) is 31.6. The minimum Gasteiger partial charge on any atom is -0.464 e. The fraction of sp³-hybridized carbons (Fsp3) is 0.231. The predicted molar refractivity (Wildman–Crippen MR) is 67.0 cm³/mol. The summed E-state index contributed by atoms with van der Waals surface area (Å²) in [6.45, 7) is 1.84. The van der Waals surface area contributed by atoms with Crippen LogP contribution in [-0.4, -0.2) is 36.1 Å². The molecule has 0 unspecified atom stereocenters. The van der Waals surface area contributed by atoms with Gasteiger partial charge in [-0.25, -0.2) is 19.6 Å². The molecule has 0 aliphatic rings. The van der Waals surface area contributed by atoms with E-state index in [0.717, 1.165) is 5.56 Å². The van der Waals surface area contributed by atoms with E-state index >= 15 is 0 Å². The van der Waals surface area contributed by atoms with Gasteiger partial charge in [0.25, 0.3) is 0 Å². The fourth-order valence-electron chi connectivity index (χ4n) is 1.70. The Hall–Kier alpha value is -2.50. The molecule has 0 saturated carbocycles. The minimum absolute atomic E-state index is 0.142. The number of esters is 2. The third-order valence-electron chi connectivity index (χ3n) is 2.65. The van der Waals surface area contributed by atoms with Gasteiger partial charge in [-0.2, -0.15) is 0 Å². The standard InChI is InChI=1S/C13H12N2O4/c1-7-5-4-6-8-9(7)15-11(13(17)19-3)10(14-8)12(16)18-2/h4-6H,1-3H3. The Labute approximate surface area is 109 Å². The number of carbonyl (C=O) groups is 2. The van der Waals surface area contributed by atoms with Gasteiger partial charge in [0.2, 0.25) is 0 Å². The van der Waals surface area contributed by atoms with Gasteiger partial charge in [-0.15, -0.1) is 0 Å². The lowest BCUT2D eigenvalue weighted by molar-refractivity contribution is 0.0545. The first kappa shape index (κ1) is 12.9. The van der Waals surface area contributed by atoms with Crippen LogP contribution in [0.5, 0.6) is 0 Å². The largest absolute Gasteiger partial charge is 0.464 e. The van der Waals surface area contributed by atoms with Crippen LogP contribution in [0.25, 0.3) is 11.0 Å². The van der Waals surface area contributed by atoms with Crippen molar-refractivity contribution in [2.45, 2.75) is 6.92 Å². The highest BCUT2D eigenvalue weighted by Gasteiger charge is 2.23. The number of aryl methyl sites for hydroxylation is 1. The molecule has 0 atom stereocenters. The molecule has 0 radical (unpaired) electrons. The molecular formula is C13H12N2O4. The second-order valence-electron chi connectivity index (χ2n) is 3.85. The van der Waals surface area contributed by atoms with Crippen LogP contribution < -0.4 is 0 Å². The molecule has 0 saturated heterocycles. The highest BCUT2D eigenvalue weighted by Crippen LogP contribution is 2.17. The molecule has 2 rings (SSSR count). The van der Waals surface area contributed by atoms with Gasteiger partial charge in [0.1, 0.15) is 0 Å². The van der Waals surface area contributed by atoms with Crippen molar-refractivity contribution in [2.24, 2.45) is 0 Å². The van der Waals surface area contributed by atoms with E-state index < -0.39 is 11.9 Å². The van der Waals surface area contributed by atoms with Crippen LogP contribution in [-0.2, 0) is 9.47 Å². The van der Waals surface area contributed by atoms with Gasteiger partial charge in [0.15, 0.2) is 11.4 Å². The molecule has 1 aromatic carbocycles. The van der Waals surface area contributed by atoms with Gasteiger partial charge >= 0.3 is 11.9 Å². The number of fused-ring (bicyclic) bond motifs is 1. The number of methoxy groups -OCH3 is 2. The van der Waals surface area contributed by atoms with Crippen molar-refractivity contribution in [3.63, 3.8) is 0 Å². The number of benzene rings is 1. The highest BCUT2D eigenvalue weighted by molar-refractivity contribution is 6.02. The monoisotopic (exact) mass is 260 g/mol. The third kappa shape index (κ3) is 2.24. The van der Waals surface area contributed by atoms with Crippen molar-refractivity contribution in [1.82, 2.24) is 9.97 Å². The zero-order chi connectivity index (χ0) is 14.0. The quantitative estimate of drug-likeness (QED) is 0.761. The Bertz CT molecular complexity index is 667. The van der Waals surface area contributed by atoms with Crippen LogP contribution in [0.3, 0.4) is 0 Å². The van der Waals surface area contributed by atoms with Crippen LogP contribution in [0.15, 0.2) is 18.2 Å². The van der Waals surface area contributed by atoms with E-state index in [1.807, 2.05) is 13.0 Å². The van der Waals surface area contributed by atoms with Gasteiger partial charge in [-0.05, 0) is 18.6 Å². The maximum atomic E-state index is 11.7. The van der Waals surface area contributed by atoms with Crippen molar-refractivity contribution in [2.75, 3.05) is 14.2 Å². The van der Waals surface area contributed by atoms with Crippen molar-refractivity contribution in [3.05, 3.63) is 35.2 Å². The van der Waals surface area contributed by atoms with Crippen molar-refractivity contribution in [3.8, 4) is 0 Å². The number of carbonyl (C=O) groups excluding carboxylic acids is 2. The smallest absolute Gasteiger partial charge is 0.359 e.